The van der Waals surface area contributed by atoms with Crippen molar-refractivity contribution in [2.75, 3.05) is 13.1 Å². The second kappa shape index (κ2) is 7.24. The molecule has 21 heavy (non-hydrogen) atoms. The molecule has 112 valence electrons. The van der Waals surface area contributed by atoms with Gasteiger partial charge in [0.25, 0.3) is 0 Å². The predicted octanol–water partition coefficient (Wildman–Crippen LogP) is 2.12. The Morgan fingerprint density at radius 1 is 1.38 bits per heavy atom. The van der Waals surface area contributed by atoms with Crippen molar-refractivity contribution in [2.24, 2.45) is 0 Å². The molecular weight excluding hydrogens is 262 g/mol. The minimum absolute atomic E-state index is 0.0574. The zero-order valence-corrected chi connectivity index (χ0v) is 12.6. The Morgan fingerprint density at radius 2 is 2.05 bits per heavy atom. The van der Waals surface area contributed by atoms with Crippen LogP contribution in [0.1, 0.15) is 38.2 Å². The number of hydrogen-bond acceptors (Lipinski definition) is 3. The number of carbonyl (C=O) groups is 1. The second-order valence-electron chi connectivity index (χ2n) is 5.64. The molecule has 1 aromatic rings. The van der Waals surface area contributed by atoms with Crippen LogP contribution in [0.25, 0.3) is 0 Å². The number of rotatable bonds is 5. The summed E-state index contributed by atoms with van der Waals surface area (Å²) in [5.41, 5.74) is 0.617. The number of nitrogens with zero attached hydrogens (tertiary/aromatic N) is 1. The molecule has 0 aliphatic carbocycles. The van der Waals surface area contributed by atoms with E-state index in [4.69, 9.17) is 5.26 Å². The topological polar surface area (TPSA) is 64.9 Å². The lowest BCUT2D eigenvalue weighted by atomic mass is 9.72. The van der Waals surface area contributed by atoms with Crippen LogP contribution in [0.3, 0.4) is 0 Å². The summed E-state index contributed by atoms with van der Waals surface area (Å²) in [6.07, 6.45) is 2.74. The molecular formula is C17H23N3O. The van der Waals surface area contributed by atoms with Gasteiger partial charge in [0, 0.05) is 6.04 Å². The van der Waals surface area contributed by atoms with E-state index in [0.29, 0.717) is 6.42 Å². The van der Waals surface area contributed by atoms with E-state index < -0.39 is 5.41 Å². The first-order chi connectivity index (χ1) is 10.2. The van der Waals surface area contributed by atoms with Gasteiger partial charge in [0.05, 0.1) is 17.9 Å². The molecule has 1 heterocycles. The quantitative estimate of drug-likeness (QED) is 0.871. The van der Waals surface area contributed by atoms with Crippen LogP contribution in [0.5, 0.6) is 0 Å². The van der Waals surface area contributed by atoms with Crippen molar-refractivity contribution >= 4 is 5.91 Å². The van der Waals surface area contributed by atoms with Gasteiger partial charge in [-0.2, -0.15) is 5.26 Å². The monoisotopic (exact) mass is 285 g/mol. The highest BCUT2D eigenvalue weighted by atomic mass is 16.2. The molecule has 1 fully saturated rings. The predicted molar refractivity (Wildman–Crippen MR) is 82.7 cm³/mol. The molecule has 1 aromatic carbocycles. The van der Waals surface area contributed by atoms with Gasteiger partial charge in [-0.1, -0.05) is 37.3 Å². The molecule has 2 rings (SSSR count). The van der Waals surface area contributed by atoms with E-state index in [2.05, 4.69) is 16.7 Å². The number of nitrogens with one attached hydrogen (secondary N) is 2. The number of hydrogen-bond donors (Lipinski definition) is 2. The molecule has 4 nitrogen and oxygen atoms in total. The van der Waals surface area contributed by atoms with E-state index in [1.807, 2.05) is 37.3 Å². The van der Waals surface area contributed by atoms with Crippen molar-refractivity contribution < 1.29 is 4.79 Å². The maximum absolute atomic E-state index is 12.9. The van der Waals surface area contributed by atoms with Crippen molar-refractivity contribution in [2.45, 2.75) is 44.1 Å². The lowest BCUT2D eigenvalue weighted by Gasteiger charge is -2.37. The van der Waals surface area contributed by atoms with Crippen LogP contribution in [0, 0.1) is 11.3 Å². The zero-order chi connectivity index (χ0) is 15.1. The molecule has 0 bridgehead atoms. The maximum Gasteiger partial charge on any atom is 0.231 e. The van der Waals surface area contributed by atoms with Crippen molar-refractivity contribution in [1.29, 1.82) is 5.26 Å². The summed E-state index contributed by atoms with van der Waals surface area (Å²) in [5.74, 6) is 0.0669. The number of carbonyl (C=O) groups excluding carboxylic acids is 1. The Hall–Kier alpha value is -1.86. The summed E-state index contributed by atoms with van der Waals surface area (Å²) >= 11 is 0. The van der Waals surface area contributed by atoms with E-state index in [-0.39, 0.29) is 11.9 Å². The van der Waals surface area contributed by atoms with Gasteiger partial charge in [0.2, 0.25) is 5.91 Å². The van der Waals surface area contributed by atoms with Crippen LogP contribution in [-0.4, -0.2) is 25.0 Å². The van der Waals surface area contributed by atoms with Gasteiger partial charge >= 0.3 is 0 Å². The van der Waals surface area contributed by atoms with E-state index >= 15 is 0 Å². The zero-order valence-electron chi connectivity index (χ0n) is 12.6. The number of piperidine rings is 1. The van der Waals surface area contributed by atoms with Crippen LogP contribution in [0.15, 0.2) is 30.3 Å². The summed E-state index contributed by atoms with van der Waals surface area (Å²) in [6, 6.07) is 12.1. The summed E-state index contributed by atoms with van der Waals surface area (Å²) in [4.78, 5) is 12.9. The van der Waals surface area contributed by atoms with Gasteiger partial charge in [-0.05, 0) is 37.9 Å². The Morgan fingerprint density at radius 3 is 2.62 bits per heavy atom. The highest BCUT2D eigenvalue weighted by molar-refractivity contribution is 5.88. The molecule has 1 amide bonds. The number of nitriles is 1. The standard InChI is InChI=1S/C17H23N3O/c1-2-15(8-11-18)20-16(21)17(9-12-19-13-10-17)14-6-4-3-5-7-14/h3-7,15,19H,2,8-10,12-13H2,1H3,(H,20,21). The maximum atomic E-state index is 12.9. The first-order valence-corrected chi connectivity index (χ1v) is 7.67. The van der Waals surface area contributed by atoms with Gasteiger partial charge < -0.3 is 10.6 Å². The van der Waals surface area contributed by atoms with Crippen LogP contribution in [0.2, 0.25) is 0 Å². The van der Waals surface area contributed by atoms with Crippen molar-refractivity contribution in [3.05, 3.63) is 35.9 Å². The third-order valence-electron chi connectivity index (χ3n) is 4.38. The summed E-state index contributed by atoms with van der Waals surface area (Å²) in [7, 11) is 0. The fourth-order valence-corrected chi connectivity index (χ4v) is 2.99. The Labute approximate surface area is 126 Å². The van der Waals surface area contributed by atoms with E-state index in [1.54, 1.807) is 0 Å². The average molecular weight is 285 g/mol. The molecule has 0 aromatic heterocycles. The van der Waals surface area contributed by atoms with Crippen LogP contribution in [0.4, 0.5) is 0 Å². The third-order valence-corrected chi connectivity index (χ3v) is 4.38. The van der Waals surface area contributed by atoms with Crippen molar-refractivity contribution in [3.63, 3.8) is 0 Å². The Balaban J connectivity index is 2.24. The fraction of sp³-hybridized carbons (Fsp3) is 0.529. The molecule has 0 spiro atoms. The lowest BCUT2D eigenvalue weighted by molar-refractivity contribution is -0.128. The third kappa shape index (κ3) is 3.43. The molecule has 1 aliphatic rings. The molecule has 2 N–H and O–H groups in total. The minimum atomic E-state index is -0.463. The van der Waals surface area contributed by atoms with E-state index in [9.17, 15) is 4.79 Å². The number of amides is 1. The first-order valence-electron chi connectivity index (χ1n) is 7.67. The summed E-state index contributed by atoms with van der Waals surface area (Å²) < 4.78 is 0. The van der Waals surface area contributed by atoms with Gasteiger partial charge in [0.1, 0.15) is 0 Å². The normalized spacial score (nSPS) is 18.5. The highest BCUT2D eigenvalue weighted by Gasteiger charge is 2.41. The van der Waals surface area contributed by atoms with Crippen LogP contribution in [-0.2, 0) is 10.2 Å². The van der Waals surface area contributed by atoms with Crippen LogP contribution >= 0.6 is 0 Å². The van der Waals surface area contributed by atoms with Gasteiger partial charge in [-0.25, -0.2) is 0 Å². The molecule has 1 unspecified atom stereocenters. The average Bonchev–Trinajstić information content (AvgIpc) is 2.55. The van der Waals surface area contributed by atoms with Gasteiger partial charge in [0.15, 0.2) is 0 Å². The van der Waals surface area contributed by atoms with Crippen LogP contribution < -0.4 is 10.6 Å². The van der Waals surface area contributed by atoms with Gasteiger partial charge in [-0.3, -0.25) is 4.79 Å². The molecule has 1 aliphatic heterocycles. The van der Waals surface area contributed by atoms with Crippen molar-refractivity contribution in [1.82, 2.24) is 10.6 Å². The van der Waals surface area contributed by atoms with Gasteiger partial charge in [-0.15, -0.1) is 0 Å². The molecule has 0 saturated carbocycles. The molecule has 0 radical (unpaired) electrons. The van der Waals surface area contributed by atoms with E-state index in [1.165, 1.54) is 0 Å². The lowest BCUT2D eigenvalue weighted by Crippen LogP contribution is -2.52. The molecule has 4 heteroatoms. The number of benzene rings is 1. The Bertz CT molecular complexity index is 501. The summed E-state index contributed by atoms with van der Waals surface area (Å²) in [6.45, 7) is 3.69. The Kier molecular flexibility index (Phi) is 5.35. The minimum Gasteiger partial charge on any atom is -0.352 e. The molecule has 1 atom stereocenters. The highest BCUT2D eigenvalue weighted by Crippen LogP contribution is 2.34. The smallest absolute Gasteiger partial charge is 0.231 e. The largest absolute Gasteiger partial charge is 0.352 e. The second-order valence-corrected chi connectivity index (χ2v) is 5.64. The van der Waals surface area contributed by atoms with Crippen molar-refractivity contribution in [3.8, 4) is 6.07 Å². The first kappa shape index (κ1) is 15.5. The fourth-order valence-electron chi connectivity index (χ4n) is 2.99. The van der Waals surface area contributed by atoms with E-state index in [0.717, 1.165) is 37.9 Å². The SMILES string of the molecule is CCC(CC#N)NC(=O)C1(c2ccccc2)CCNCC1. The summed E-state index contributed by atoms with van der Waals surface area (Å²) in [5, 5.41) is 15.3. The molecule has 1 saturated heterocycles.